The quantitative estimate of drug-likeness (QED) is 0.735. The van der Waals surface area contributed by atoms with E-state index in [1.54, 1.807) is 6.92 Å². The standard InChI is InChI=1S/C14H26N2O3/c1-11(9-14(18)19)8-13(17)15-10-12(2)16-6-4-3-5-7-16/h11-12H,3-10H2,1-2H3,(H,15,17)(H,18,19). The number of rotatable bonds is 7. The number of amides is 1. The molecule has 1 fully saturated rings. The van der Waals surface area contributed by atoms with E-state index in [9.17, 15) is 9.59 Å². The lowest BCUT2D eigenvalue weighted by atomic mass is 10.0. The second-order valence-corrected chi connectivity index (χ2v) is 5.66. The van der Waals surface area contributed by atoms with Crippen LogP contribution in [0.2, 0.25) is 0 Å². The highest BCUT2D eigenvalue weighted by Gasteiger charge is 2.18. The highest BCUT2D eigenvalue weighted by Crippen LogP contribution is 2.12. The van der Waals surface area contributed by atoms with E-state index in [0.717, 1.165) is 13.1 Å². The summed E-state index contributed by atoms with van der Waals surface area (Å²) in [7, 11) is 0. The maximum Gasteiger partial charge on any atom is 0.303 e. The fourth-order valence-corrected chi connectivity index (χ4v) is 2.51. The second kappa shape index (κ2) is 8.15. The average Bonchev–Trinajstić information content (AvgIpc) is 2.36. The molecule has 1 aliphatic heterocycles. The molecule has 1 aliphatic rings. The first-order valence-electron chi connectivity index (χ1n) is 7.21. The molecule has 5 heteroatoms. The molecule has 0 aromatic rings. The number of carbonyl (C=O) groups is 2. The van der Waals surface area contributed by atoms with Gasteiger partial charge in [0.2, 0.25) is 5.91 Å². The molecule has 0 bridgehead atoms. The molecule has 1 saturated heterocycles. The van der Waals surface area contributed by atoms with Crippen molar-refractivity contribution < 1.29 is 14.7 Å². The van der Waals surface area contributed by atoms with E-state index in [4.69, 9.17) is 5.11 Å². The fourth-order valence-electron chi connectivity index (χ4n) is 2.51. The van der Waals surface area contributed by atoms with Gasteiger partial charge in [-0.15, -0.1) is 0 Å². The van der Waals surface area contributed by atoms with Gasteiger partial charge < -0.3 is 10.4 Å². The van der Waals surface area contributed by atoms with Crippen molar-refractivity contribution in [3.8, 4) is 0 Å². The second-order valence-electron chi connectivity index (χ2n) is 5.66. The lowest BCUT2D eigenvalue weighted by Gasteiger charge is -2.32. The van der Waals surface area contributed by atoms with Crippen LogP contribution in [0.5, 0.6) is 0 Å². The van der Waals surface area contributed by atoms with E-state index < -0.39 is 5.97 Å². The maximum absolute atomic E-state index is 11.7. The Hall–Kier alpha value is -1.10. The lowest BCUT2D eigenvalue weighted by molar-refractivity contribution is -0.138. The lowest BCUT2D eigenvalue weighted by Crippen LogP contribution is -2.44. The molecule has 2 N–H and O–H groups in total. The smallest absolute Gasteiger partial charge is 0.303 e. The predicted octanol–water partition coefficient (Wildman–Crippen LogP) is 1.48. The first-order chi connectivity index (χ1) is 8.99. The maximum atomic E-state index is 11.7. The predicted molar refractivity (Wildman–Crippen MR) is 73.9 cm³/mol. The summed E-state index contributed by atoms with van der Waals surface area (Å²) in [6, 6.07) is 0.360. The van der Waals surface area contributed by atoms with Gasteiger partial charge in [-0.05, 0) is 38.8 Å². The van der Waals surface area contributed by atoms with Crippen molar-refractivity contribution in [3.05, 3.63) is 0 Å². The van der Waals surface area contributed by atoms with Crippen LogP contribution in [0.3, 0.4) is 0 Å². The minimum absolute atomic E-state index is 0.0439. The summed E-state index contributed by atoms with van der Waals surface area (Å²) in [5.74, 6) is -0.998. The largest absolute Gasteiger partial charge is 0.481 e. The van der Waals surface area contributed by atoms with Gasteiger partial charge in [0.05, 0.1) is 0 Å². The van der Waals surface area contributed by atoms with Crippen molar-refractivity contribution in [1.29, 1.82) is 0 Å². The highest BCUT2D eigenvalue weighted by molar-refractivity contribution is 5.77. The number of likely N-dealkylation sites (tertiary alicyclic amines) is 1. The Morgan fingerprint density at radius 2 is 1.79 bits per heavy atom. The Labute approximate surface area is 115 Å². The van der Waals surface area contributed by atoms with Crippen LogP contribution in [0, 0.1) is 5.92 Å². The molecule has 5 nitrogen and oxygen atoms in total. The zero-order chi connectivity index (χ0) is 14.3. The minimum Gasteiger partial charge on any atom is -0.481 e. The molecule has 1 heterocycles. The number of carbonyl (C=O) groups excluding carboxylic acids is 1. The van der Waals surface area contributed by atoms with Crippen LogP contribution in [0.1, 0.15) is 46.0 Å². The van der Waals surface area contributed by atoms with Crippen molar-refractivity contribution in [2.75, 3.05) is 19.6 Å². The van der Waals surface area contributed by atoms with E-state index in [-0.39, 0.29) is 18.2 Å². The summed E-state index contributed by atoms with van der Waals surface area (Å²) in [4.78, 5) is 24.6. The van der Waals surface area contributed by atoms with Crippen LogP contribution in [0.4, 0.5) is 0 Å². The van der Waals surface area contributed by atoms with Gasteiger partial charge in [0, 0.05) is 25.4 Å². The number of piperidine rings is 1. The molecule has 2 unspecified atom stereocenters. The van der Waals surface area contributed by atoms with E-state index in [1.165, 1.54) is 19.3 Å². The zero-order valence-corrected chi connectivity index (χ0v) is 12.0. The molecule has 0 spiro atoms. The molecule has 0 aromatic heterocycles. The van der Waals surface area contributed by atoms with Crippen molar-refractivity contribution in [2.45, 2.75) is 52.0 Å². The van der Waals surface area contributed by atoms with E-state index in [1.807, 2.05) is 0 Å². The third-order valence-corrected chi connectivity index (χ3v) is 3.67. The summed E-state index contributed by atoms with van der Waals surface area (Å²) < 4.78 is 0. The molecule has 0 radical (unpaired) electrons. The van der Waals surface area contributed by atoms with Crippen LogP contribution in [0.15, 0.2) is 0 Å². The molecule has 1 amide bonds. The van der Waals surface area contributed by atoms with Gasteiger partial charge in [-0.2, -0.15) is 0 Å². The number of carboxylic acids is 1. The molecular formula is C14H26N2O3. The Morgan fingerprint density at radius 3 is 2.37 bits per heavy atom. The summed E-state index contributed by atoms with van der Waals surface area (Å²) in [6.07, 6.45) is 4.14. The zero-order valence-electron chi connectivity index (χ0n) is 12.0. The monoisotopic (exact) mass is 270 g/mol. The Morgan fingerprint density at radius 1 is 1.16 bits per heavy atom. The molecule has 1 rings (SSSR count). The first-order valence-corrected chi connectivity index (χ1v) is 7.21. The van der Waals surface area contributed by atoms with Crippen LogP contribution in [-0.4, -0.2) is 47.6 Å². The van der Waals surface area contributed by atoms with Crippen molar-refractivity contribution in [1.82, 2.24) is 10.2 Å². The molecule has 0 saturated carbocycles. The third kappa shape index (κ3) is 6.57. The number of nitrogens with zero attached hydrogens (tertiary/aromatic N) is 1. The molecular weight excluding hydrogens is 244 g/mol. The van der Waals surface area contributed by atoms with Gasteiger partial charge in [-0.25, -0.2) is 0 Å². The molecule has 19 heavy (non-hydrogen) atoms. The topological polar surface area (TPSA) is 69.6 Å². The van der Waals surface area contributed by atoms with Gasteiger partial charge >= 0.3 is 5.97 Å². The Kier molecular flexibility index (Phi) is 6.84. The molecule has 110 valence electrons. The summed E-state index contributed by atoms with van der Waals surface area (Å²) in [6.45, 7) is 6.81. The van der Waals surface area contributed by atoms with Gasteiger partial charge in [0.1, 0.15) is 0 Å². The summed E-state index contributed by atoms with van der Waals surface area (Å²) in [5, 5.41) is 11.6. The Balaban J connectivity index is 2.19. The first kappa shape index (κ1) is 16.0. The number of hydrogen-bond acceptors (Lipinski definition) is 3. The molecule has 2 atom stereocenters. The number of nitrogens with one attached hydrogen (secondary N) is 1. The van der Waals surface area contributed by atoms with Gasteiger partial charge in [-0.1, -0.05) is 13.3 Å². The molecule has 0 aliphatic carbocycles. The summed E-state index contributed by atoms with van der Waals surface area (Å²) in [5.41, 5.74) is 0. The van der Waals surface area contributed by atoms with Gasteiger partial charge in [0.25, 0.3) is 0 Å². The molecule has 0 aromatic carbocycles. The normalized spacial score (nSPS) is 19.7. The van der Waals surface area contributed by atoms with Crippen LogP contribution in [-0.2, 0) is 9.59 Å². The SMILES string of the molecule is CC(CC(=O)O)CC(=O)NCC(C)N1CCCCC1. The van der Waals surface area contributed by atoms with Crippen LogP contribution >= 0.6 is 0 Å². The third-order valence-electron chi connectivity index (χ3n) is 3.67. The minimum atomic E-state index is -0.845. The highest BCUT2D eigenvalue weighted by atomic mass is 16.4. The van der Waals surface area contributed by atoms with E-state index in [2.05, 4.69) is 17.1 Å². The van der Waals surface area contributed by atoms with Crippen LogP contribution in [0.25, 0.3) is 0 Å². The van der Waals surface area contributed by atoms with E-state index >= 15 is 0 Å². The van der Waals surface area contributed by atoms with Crippen molar-refractivity contribution in [3.63, 3.8) is 0 Å². The van der Waals surface area contributed by atoms with E-state index in [0.29, 0.717) is 19.0 Å². The number of carboxylic acid groups (broad SMARTS) is 1. The summed E-state index contributed by atoms with van der Waals surface area (Å²) >= 11 is 0. The average molecular weight is 270 g/mol. The van der Waals surface area contributed by atoms with Crippen molar-refractivity contribution in [2.24, 2.45) is 5.92 Å². The number of hydrogen-bond donors (Lipinski definition) is 2. The fraction of sp³-hybridized carbons (Fsp3) is 0.857. The number of aliphatic carboxylic acids is 1. The van der Waals surface area contributed by atoms with Gasteiger partial charge in [-0.3, -0.25) is 14.5 Å². The van der Waals surface area contributed by atoms with Crippen LogP contribution < -0.4 is 5.32 Å². The Bertz CT molecular complexity index is 301. The van der Waals surface area contributed by atoms with Gasteiger partial charge in [0.15, 0.2) is 0 Å². The van der Waals surface area contributed by atoms with Crippen molar-refractivity contribution >= 4 is 11.9 Å².